The topological polar surface area (TPSA) is 99.0 Å². The Bertz CT molecular complexity index is 1330. The number of benzene rings is 3. The van der Waals surface area contributed by atoms with Crippen LogP contribution in [0.4, 0.5) is 11.4 Å². The molecule has 0 saturated carbocycles. The predicted octanol–water partition coefficient (Wildman–Crippen LogP) is 4.65. The minimum Gasteiger partial charge on any atom is -0.493 e. The summed E-state index contributed by atoms with van der Waals surface area (Å²) in [7, 11) is 2.80. The summed E-state index contributed by atoms with van der Waals surface area (Å²) in [4.78, 5) is 39.1. The van der Waals surface area contributed by atoms with Gasteiger partial charge in [-0.25, -0.2) is 4.90 Å². The maximum absolute atomic E-state index is 13.6. The number of ether oxygens (including phenoxy) is 2. The third-order valence-corrected chi connectivity index (χ3v) is 5.37. The minimum absolute atomic E-state index is 0.148. The number of carbonyl (C=O) groups is 2. The number of amides is 2. The number of hydrogen-bond donors (Lipinski definition) is 0. The van der Waals surface area contributed by atoms with Gasteiger partial charge in [-0.15, -0.1) is 0 Å². The van der Waals surface area contributed by atoms with Gasteiger partial charge in [-0.1, -0.05) is 30.3 Å². The van der Waals surface area contributed by atoms with Gasteiger partial charge in [0.25, 0.3) is 17.5 Å². The maximum Gasteiger partial charge on any atom is 0.280 e. The summed E-state index contributed by atoms with van der Waals surface area (Å²) in [5.41, 5.74) is 2.08. The van der Waals surface area contributed by atoms with Crippen molar-refractivity contribution in [2.45, 2.75) is 6.92 Å². The molecule has 0 fully saturated rings. The molecule has 4 rings (SSSR count). The molecule has 8 nitrogen and oxygen atoms in total. The molecule has 0 aliphatic carbocycles. The molecule has 0 N–H and O–H groups in total. The van der Waals surface area contributed by atoms with Crippen LogP contribution >= 0.6 is 0 Å². The first kappa shape index (κ1) is 21.8. The van der Waals surface area contributed by atoms with Crippen molar-refractivity contribution in [1.29, 1.82) is 0 Å². The van der Waals surface area contributed by atoms with Crippen molar-refractivity contribution in [2.24, 2.45) is 0 Å². The monoisotopic (exact) mass is 444 g/mol. The molecule has 0 aromatic heterocycles. The molecule has 0 spiro atoms. The van der Waals surface area contributed by atoms with Gasteiger partial charge in [-0.05, 0) is 48.4 Å². The Morgan fingerprint density at radius 2 is 1.55 bits per heavy atom. The van der Waals surface area contributed by atoms with Crippen molar-refractivity contribution in [3.8, 4) is 11.5 Å². The van der Waals surface area contributed by atoms with Gasteiger partial charge >= 0.3 is 0 Å². The van der Waals surface area contributed by atoms with Crippen LogP contribution in [0.3, 0.4) is 0 Å². The lowest BCUT2D eigenvalue weighted by Gasteiger charge is -2.29. The van der Waals surface area contributed by atoms with Crippen LogP contribution in [0.5, 0.6) is 11.5 Å². The fourth-order valence-electron chi connectivity index (χ4n) is 3.81. The van der Waals surface area contributed by atoms with E-state index in [-0.39, 0.29) is 28.3 Å². The predicted molar refractivity (Wildman–Crippen MR) is 124 cm³/mol. The van der Waals surface area contributed by atoms with Crippen molar-refractivity contribution >= 4 is 34.8 Å². The van der Waals surface area contributed by atoms with Gasteiger partial charge in [0.2, 0.25) is 0 Å². The number of rotatable bonds is 5. The highest BCUT2D eigenvalue weighted by Crippen LogP contribution is 2.39. The Hall–Kier alpha value is -4.46. The highest BCUT2D eigenvalue weighted by atomic mass is 16.6. The molecular weight excluding hydrogens is 424 g/mol. The van der Waals surface area contributed by atoms with Crippen LogP contribution in [0.1, 0.15) is 27.0 Å². The second-order valence-corrected chi connectivity index (χ2v) is 7.41. The Morgan fingerprint density at radius 1 is 0.879 bits per heavy atom. The first-order valence-corrected chi connectivity index (χ1v) is 10.0. The van der Waals surface area contributed by atoms with E-state index in [9.17, 15) is 19.7 Å². The van der Waals surface area contributed by atoms with Crippen molar-refractivity contribution < 1.29 is 24.0 Å². The Labute approximate surface area is 189 Å². The number of hydrogen-bond acceptors (Lipinski definition) is 6. The standard InChI is InChI=1S/C25H20N2O6/c1-15-7-6-8-17(11-15)26-24(28)19-10-5-4-9-18(19)20(25(26)29)12-16-13-22(32-2)23(33-3)14-21(16)27(30)31/h4-14H,1-3H3/b20-12+. The number of fused-ring (bicyclic) bond motifs is 1. The number of imide groups is 1. The molecule has 166 valence electrons. The fraction of sp³-hybridized carbons (Fsp3) is 0.120. The van der Waals surface area contributed by atoms with Crippen molar-refractivity contribution in [2.75, 3.05) is 19.1 Å². The quantitative estimate of drug-likeness (QED) is 0.246. The van der Waals surface area contributed by atoms with Gasteiger partial charge in [0.15, 0.2) is 11.5 Å². The van der Waals surface area contributed by atoms with E-state index >= 15 is 0 Å². The second-order valence-electron chi connectivity index (χ2n) is 7.41. The lowest BCUT2D eigenvalue weighted by Crippen LogP contribution is -2.41. The summed E-state index contributed by atoms with van der Waals surface area (Å²) in [5.74, 6) is -0.565. The Morgan fingerprint density at radius 3 is 2.18 bits per heavy atom. The van der Waals surface area contributed by atoms with Crippen LogP contribution in [0, 0.1) is 17.0 Å². The number of nitro benzene ring substituents is 1. The molecule has 33 heavy (non-hydrogen) atoms. The van der Waals surface area contributed by atoms with Gasteiger partial charge in [-0.2, -0.15) is 0 Å². The van der Waals surface area contributed by atoms with E-state index in [1.807, 2.05) is 13.0 Å². The van der Waals surface area contributed by atoms with Crippen LogP contribution in [0.25, 0.3) is 11.6 Å². The minimum atomic E-state index is -0.576. The first-order chi connectivity index (χ1) is 15.8. The third kappa shape index (κ3) is 3.82. The van der Waals surface area contributed by atoms with Gasteiger partial charge in [0.05, 0.1) is 36.5 Å². The van der Waals surface area contributed by atoms with Gasteiger partial charge in [-0.3, -0.25) is 19.7 Å². The summed E-state index contributed by atoms with van der Waals surface area (Å²) in [6.45, 7) is 1.86. The Balaban J connectivity index is 1.96. The van der Waals surface area contributed by atoms with Crippen molar-refractivity contribution in [3.63, 3.8) is 0 Å². The number of aryl methyl sites for hydroxylation is 1. The first-order valence-electron chi connectivity index (χ1n) is 10.0. The lowest BCUT2D eigenvalue weighted by atomic mass is 9.91. The SMILES string of the molecule is COc1cc(/C=C2/C(=O)N(c3cccc(C)c3)C(=O)c3ccccc32)c([N+](=O)[O-])cc1OC. The van der Waals surface area contributed by atoms with E-state index in [0.717, 1.165) is 10.5 Å². The molecule has 2 amide bonds. The zero-order valence-corrected chi connectivity index (χ0v) is 18.2. The smallest absolute Gasteiger partial charge is 0.280 e. The van der Waals surface area contributed by atoms with Gasteiger partial charge < -0.3 is 9.47 Å². The summed E-state index contributed by atoms with van der Waals surface area (Å²) < 4.78 is 10.5. The number of nitro groups is 1. The molecule has 3 aromatic rings. The molecule has 1 aliphatic heterocycles. The van der Waals surface area contributed by atoms with Crippen LogP contribution in [-0.4, -0.2) is 31.0 Å². The van der Waals surface area contributed by atoms with Crippen LogP contribution in [-0.2, 0) is 4.79 Å². The van der Waals surface area contributed by atoms with E-state index in [1.54, 1.807) is 42.5 Å². The number of carbonyl (C=O) groups excluding carboxylic acids is 2. The average molecular weight is 444 g/mol. The number of nitrogens with zero attached hydrogens (tertiary/aromatic N) is 2. The second kappa shape index (κ2) is 8.58. The van der Waals surface area contributed by atoms with E-state index in [4.69, 9.17) is 9.47 Å². The van der Waals surface area contributed by atoms with Crippen LogP contribution < -0.4 is 14.4 Å². The molecular formula is C25H20N2O6. The molecule has 0 saturated heterocycles. The van der Waals surface area contributed by atoms with Crippen molar-refractivity contribution in [1.82, 2.24) is 0 Å². The normalized spacial score (nSPS) is 14.3. The molecule has 0 atom stereocenters. The number of methoxy groups -OCH3 is 2. The van der Waals surface area contributed by atoms with E-state index in [0.29, 0.717) is 16.8 Å². The molecule has 8 heteroatoms. The zero-order valence-electron chi connectivity index (χ0n) is 18.2. The fourth-order valence-corrected chi connectivity index (χ4v) is 3.81. The summed E-state index contributed by atoms with van der Waals surface area (Å²) in [5, 5.41) is 11.8. The molecule has 0 unspecified atom stereocenters. The molecule has 0 bridgehead atoms. The van der Waals surface area contributed by atoms with E-state index < -0.39 is 16.7 Å². The molecule has 1 heterocycles. The van der Waals surface area contributed by atoms with Crippen LogP contribution in [0.2, 0.25) is 0 Å². The number of anilines is 1. The lowest BCUT2D eigenvalue weighted by molar-refractivity contribution is -0.385. The highest BCUT2D eigenvalue weighted by Gasteiger charge is 2.36. The third-order valence-electron chi connectivity index (χ3n) is 5.37. The highest BCUT2D eigenvalue weighted by molar-refractivity contribution is 6.43. The average Bonchev–Trinajstić information content (AvgIpc) is 2.81. The van der Waals surface area contributed by atoms with Crippen LogP contribution in [0.15, 0.2) is 60.7 Å². The van der Waals surface area contributed by atoms with Crippen molar-refractivity contribution in [3.05, 3.63) is 93.0 Å². The zero-order chi connectivity index (χ0) is 23.7. The largest absolute Gasteiger partial charge is 0.493 e. The summed E-state index contributed by atoms with van der Waals surface area (Å²) in [6.07, 6.45) is 1.41. The molecule has 3 aromatic carbocycles. The Kier molecular flexibility index (Phi) is 5.66. The van der Waals surface area contributed by atoms with E-state index in [2.05, 4.69) is 0 Å². The molecule has 0 radical (unpaired) electrons. The summed E-state index contributed by atoms with van der Waals surface area (Å²) >= 11 is 0. The van der Waals surface area contributed by atoms with Gasteiger partial charge in [0, 0.05) is 11.1 Å². The summed E-state index contributed by atoms with van der Waals surface area (Å²) in [6, 6.07) is 16.4. The maximum atomic E-state index is 13.6. The molecule has 1 aliphatic rings. The van der Waals surface area contributed by atoms with Gasteiger partial charge in [0.1, 0.15) is 0 Å². The van der Waals surface area contributed by atoms with E-state index in [1.165, 1.54) is 32.4 Å².